The molecule has 1 aromatic carbocycles. The van der Waals surface area contributed by atoms with E-state index in [0.29, 0.717) is 15.2 Å². The molecule has 0 amide bonds. The second-order valence-electron chi connectivity index (χ2n) is 3.32. The molecule has 2 N–H and O–H groups in total. The summed E-state index contributed by atoms with van der Waals surface area (Å²) in [4.78, 5) is 11.2. The molecule has 92 valence electrons. The number of aromatic nitrogens is 2. The summed E-state index contributed by atoms with van der Waals surface area (Å²) in [5.74, 6) is 0. The number of nitrogens with zero attached hydrogens (tertiary/aromatic N) is 2. The second-order valence-corrected chi connectivity index (χ2v) is 4.52. The summed E-state index contributed by atoms with van der Waals surface area (Å²) in [6.45, 7) is 0. The van der Waals surface area contributed by atoms with Gasteiger partial charge in [0.15, 0.2) is 0 Å². The van der Waals surface area contributed by atoms with Gasteiger partial charge in [-0.15, -0.1) is 0 Å². The Morgan fingerprint density at radius 2 is 2.22 bits per heavy atom. The molecule has 18 heavy (non-hydrogen) atoms. The molecule has 0 saturated heterocycles. The molecule has 0 aliphatic heterocycles. The smallest absolute Gasteiger partial charge is 0.275 e. The Hall–Kier alpha value is -1.66. The number of hydrazone groups is 1. The van der Waals surface area contributed by atoms with Crippen LogP contribution >= 0.6 is 27.5 Å². The van der Waals surface area contributed by atoms with E-state index in [1.165, 1.54) is 6.20 Å². The minimum atomic E-state index is -0.326. The Bertz CT molecular complexity index is 641. The van der Waals surface area contributed by atoms with Crippen LogP contribution in [0.5, 0.6) is 0 Å². The van der Waals surface area contributed by atoms with Gasteiger partial charge in [-0.05, 0) is 22.0 Å². The number of hydrogen-bond donors (Lipinski definition) is 2. The molecule has 0 atom stereocenters. The second kappa shape index (κ2) is 5.79. The first-order valence-electron chi connectivity index (χ1n) is 4.95. The average Bonchev–Trinajstić information content (AvgIpc) is 2.37. The maximum absolute atomic E-state index is 11.2. The summed E-state index contributed by atoms with van der Waals surface area (Å²) in [5, 5.41) is 10.5. The maximum atomic E-state index is 11.2. The van der Waals surface area contributed by atoms with E-state index >= 15 is 0 Å². The first-order chi connectivity index (χ1) is 8.68. The Kier molecular flexibility index (Phi) is 4.11. The van der Waals surface area contributed by atoms with Crippen molar-refractivity contribution >= 4 is 39.4 Å². The fraction of sp³-hybridized carbons (Fsp3) is 0. The molecule has 7 heteroatoms. The summed E-state index contributed by atoms with van der Waals surface area (Å²) in [6.07, 6.45) is 3.02. The van der Waals surface area contributed by atoms with Crippen LogP contribution in [0.4, 0.5) is 5.69 Å². The van der Waals surface area contributed by atoms with Gasteiger partial charge < -0.3 is 0 Å². The van der Waals surface area contributed by atoms with Gasteiger partial charge in [0.25, 0.3) is 5.56 Å². The van der Waals surface area contributed by atoms with E-state index in [0.717, 1.165) is 5.56 Å². The first kappa shape index (κ1) is 12.8. The van der Waals surface area contributed by atoms with E-state index in [1.807, 2.05) is 18.2 Å². The zero-order valence-corrected chi connectivity index (χ0v) is 11.4. The average molecular weight is 328 g/mol. The van der Waals surface area contributed by atoms with Gasteiger partial charge in [0.05, 0.1) is 18.1 Å². The van der Waals surface area contributed by atoms with Crippen molar-refractivity contribution in [3.8, 4) is 0 Å². The third-order valence-corrected chi connectivity index (χ3v) is 3.22. The molecule has 0 bridgehead atoms. The number of benzene rings is 1. The molecule has 0 radical (unpaired) electrons. The number of anilines is 1. The SMILES string of the molecule is O=c1[nH]ncc(N/N=C\c2ccccc2Cl)c1Br. The maximum Gasteiger partial charge on any atom is 0.280 e. The van der Waals surface area contributed by atoms with Crippen molar-refractivity contribution in [1.82, 2.24) is 10.2 Å². The number of aromatic amines is 1. The van der Waals surface area contributed by atoms with Crippen LogP contribution in [0, 0.1) is 0 Å². The third-order valence-electron chi connectivity index (χ3n) is 2.09. The lowest BCUT2D eigenvalue weighted by atomic mass is 10.2. The lowest BCUT2D eigenvalue weighted by Gasteiger charge is -2.01. The summed E-state index contributed by atoms with van der Waals surface area (Å²) in [6, 6.07) is 7.30. The van der Waals surface area contributed by atoms with Gasteiger partial charge in [0, 0.05) is 10.6 Å². The van der Waals surface area contributed by atoms with Crippen LogP contribution in [0.15, 0.2) is 44.8 Å². The van der Waals surface area contributed by atoms with E-state index in [-0.39, 0.29) is 5.56 Å². The number of rotatable bonds is 3. The van der Waals surface area contributed by atoms with Gasteiger partial charge in [-0.25, -0.2) is 5.10 Å². The largest absolute Gasteiger partial charge is 0.280 e. The van der Waals surface area contributed by atoms with Crippen molar-refractivity contribution < 1.29 is 0 Å². The van der Waals surface area contributed by atoms with Crippen LogP contribution in [0.2, 0.25) is 5.02 Å². The zero-order chi connectivity index (χ0) is 13.0. The lowest BCUT2D eigenvalue weighted by molar-refractivity contribution is 0.977. The summed E-state index contributed by atoms with van der Waals surface area (Å²) >= 11 is 9.10. The van der Waals surface area contributed by atoms with Crippen molar-refractivity contribution in [2.24, 2.45) is 5.10 Å². The Labute approximate surface area is 116 Å². The molecule has 0 unspecified atom stereocenters. The number of nitrogens with one attached hydrogen (secondary N) is 2. The van der Waals surface area contributed by atoms with Gasteiger partial charge in [0.2, 0.25) is 0 Å². The molecule has 0 aliphatic carbocycles. The number of hydrogen-bond acceptors (Lipinski definition) is 4. The predicted molar refractivity (Wildman–Crippen MR) is 75.2 cm³/mol. The van der Waals surface area contributed by atoms with Gasteiger partial charge in [0.1, 0.15) is 4.47 Å². The highest BCUT2D eigenvalue weighted by Crippen LogP contribution is 2.16. The van der Waals surface area contributed by atoms with Crippen molar-refractivity contribution in [3.05, 3.63) is 55.9 Å². The Morgan fingerprint density at radius 1 is 1.44 bits per heavy atom. The molecule has 1 aromatic heterocycles. The first-order valence-corrected chi connectivity index (χ1v) is 6.12. The molecule has 2 aromatic rings. The van der Waals surface area contributed by atoms with Crippen LogP contribution in [-0.2, 0) is 0 Å². The molecule has 0 saturated carbocycles. The molecule has 0 aliphatic rings. The van der Waals surface area contributed by atoms with Gasteiger partial charge in [-0.2, -0.15) is 10.2 Å². The minimum absolute atomic E-state index is 0.326. The molecule has 0 spiro atoms. The summed E-state index contributed by atoms with van der Waals surface area (Å²) in [7, 11) is 0. The molecule has 5 nitrogen and oxygen atoms in total. The van der Waals surface area contributed by atoms with Crippen molar-refractivity contribution in [1.29, 1.82) is 0 Å². The van der Waals surface area contributed by atoms with Crippen molar-refractivity contribution in [2.45, 2.75) is 0 Å². The van der Waals surface area contributed by atoms with E-state index in [1.54, 1.807) is 12.3 Å². The van der Waals surface area contributed by atoms with Crippen LogP contribution in [0.1, 0.15) is 5.56 Å². The van der Waals surface area contributed by atoms with E-state index in [2.05, 4.69) is 36.7 Å². The summed E-state index contributed by atoms with van der Waals surface area (Å²) in [5.41, 5.74) is 3.64. The zero-order valence-electron chi connectivity index (χ0n) is 9.02. The van der Waals surface area contributed by atoms with Crippen molar-refractivity contribution in [3.63, 3.8) is 0 Å². The van der Waals surface area contributed by atoms with E-state index in [9.17, 15) is 4.79 Å². The Morgan fingerprint density at radius 3 is 3.00 bits per heavy atom. The monoisotopic (exact) mass is 326 g/mol. The quantitative estimate of drug-likeness (QED) is 0.672. The molecule has 2 rings (SSSR count). The highest BCUT2D eigenvalue weighted by atomic mass is 79.9. The lowest BCUT2D eigenvalue weighted by Crippen LogP contribution is -2.10. The normalized spacial score (nSPS) is 10.8. The van der Waals surface area contributed by atoms with Crippen LogP contribution in [0.25, 0.3) is 0 Å². The molecule has 1 heterocycles. The number of H-pyrrole nitrogens is 1. The minimum Gasteiger partial charge on any atom is -0.275 e. The molecular weight excluding hydrogens is 320 g/mol. The molecular formula is C11H8BrClN4O. The van der Waals surface area contributed by atoms with Crippen LogP contribution in [-0.4, -0.2) is 16.4 Å². The fourth-order valence-electron chi connectivity index (χ4n) is 1.21. The van der Waals surface area contributed by atoms with E-state index in [4.69, 9.17) is 11.6 Å². The standard InChI is InChI=1S/C11H8BrClN4O/c12-10-9(6-15-17-11(10)18)16-14-5-7-3-1-2-4-8(7)13/h1-6H,(H2,16,17,18)/b14-5-. The predicted octanol–water partition coefficient (Wildman–Crippen LogP) is 2.63. The van der Waals surface area contributed by atoms with Crippen molar-refractivity contribution in [2.75, 3.05) is 5.43 Å². The topological polar surface area (TPSA) is 70.1 Å². The fourth-order valence-corrected chi connectivity index (χ4v) is 1.68. The van der Waals surface area contributed by atoms with Gasteiger partial charge in [-0.3, -0.25) is 10.2 Å². The Balaban J connectivity index is 2.15. The highest BCUT2D eigenvalue weighted by molar-refractivity contribution is 9.10. The van der Waals surface area contributed by atoms with Gasteiger partial charge >= 0.3 is 0 Å². The van der Waals surface area contributed by atoms with E-state index < -0.39 is 0 Å². The van der Waals surface area contributed by atoms with Crippen LogP contribution < -0.4 is 11.0 Å². The van der Waals surface area contributed by atoms with Crippen LogP contribution in [0.3, 0.4) is 0 Å². The number of halogens is 2. The highest BCUT2D eigenvalue weighted by Gasteiger charge is 2.02. The third kappa shape index (κ3) is 2.96. The summed E-state index contributed by atoms with van der Waals surface area (Å²) < 4.78 is 0.341. The van der Waals surface area contributed by atoms with Gasteiger partial charge in [-0.1, -0.05) is 29.8 Å². The molecule has 0 fully saturated rings.